The van der Waals surface area contributed by atoms with E-state index in [1.807, 2.05) is 0 Å². The molecule has 2 nitrogen and oxygen atoms in total. The van der Waals surface area contributed by atoms with Crippen LogP contribution in [0.1, 0.15) is 33.6 Å². The minimum atomic E-state index is 0.333. The Morgan fingerprint density at radius 2 is 2.13 bits per heavy atom. The smallest absolute Gasteiger partial charge is 0.0332 e. The molecule has 0 amide bonds. The Kier molecular flexibility index (Phi) is 5.10. The van der Waals surface area contributed by atoms with Crippen molar-refractivity contribution in [2.75, 3.05) is 26.2 Å². The largest absolute Gasteiger partial charge is 0.314 e. The first-order valence-corrected chi connectivity index (χ1v) is 6.33. The number of nitrogens with zero attached hydrogens (tertiary/aromatic N) is 1. The lowest BCUT2D eigenvalue weighted by Gasteiger charge is -2.47. The maximum atomic E-state index is 5.75. The first-order chi connectivity index (χ1) is 7.18. The summed E-state index contributed by atoms with van der Waals surface area (Å²) in [5.74, 6) is 0. The second-order valence-corrected chi connectivity index (χ2v) is 4.70. The van der Waals surface area contributed by atoms with Crippen molar-refractivity contribution in [1.82, 2.24) is 10.2 Å². The topological polar surface area (TPSA) is 15.3 Å². The fourth-order valence-corrected chi connectivity index (χ4v) is 2.48. The van der Waals surface area contributed by atoms with Gasteiger partial charge in [0.2, 0.25) is 0 Å². The molecule has 0 aromatic carbocycles. The van der Waals surface area contributed by atoms with E-state index in [4.69, 9.17) is 11.6 Å². The van der Waals surface area contributed by atoms with Crippen molar-refractivity contribution >= 4 is 11.6 Å². The van der Waals surface area contributed by atoms with Crippen molar-refractivity contribution < 1.29 is 0 Å². The summed E-state index contributed by atoms with van der Waals surface area (Å²) in [6.07, 6.45) is 2.40. The molecule has 0 unspecified atom stereocenters. The highest BCUT2D eigenvalue weighted by Gasteiger charge is 2.35. The molecular weight excluding hydrogens is 208 g/mol. The summed E-state index contributed by atoms with van der Waals surface area (Å²) in [6.45, 7) is 11.0. The average Bonchev–Trinajstić information content (AvgIpc) is 2.30. The monoisotopic (exact) mass is 230 g/mol. The van der Waals surface area contributed by atoms with Gasteiger partial charge in [-0.3, -0.25) is 4.90 Å². The zero-order valence-corrected chi connectivity index (χ0v) is 10.9. The van der Waals surface area contributed by atoms with Crippen molar-refractivity contribution in [3.8, 4) is 0 Å². The highest BCUT2D eigenvalue weighted by molar-refractivity contribution is 6.25. The third kappa shape index (κ3) is 2.96. The third-order valence-corrected chi connectivity index (χ3v) is 4.00. The highest BCUT2D eigenvalue weighted by atomic mass is 35.5. The SMILES string of the molecule is CCC1(CC)CNCCN1CC(C)=CCl. The summed E-state index contributed by atoms with van der Waals surface area (Å²) in [4.78, 5) is 2.58. The molecule has 1 aliphatic rings. The molecule has 0 saturated carbocycles. The Labute approximate surface area is 98.7 Å². The van der Waals surface area contributed by atoms with Gasteiger partial charge in [-0.05, 0) is 25.3 Å². The lowest BCUT2D eigenvalue weighted by Crippen LogP contribution is -2.60. The molecule has 0 aromatic rings. The van der Waals surface area contributed by atoms with Gasteiger partial charge in [0.15, 0.2) is 0 Å². The van der Waals surface area contributed by atoms with Crippen LogP contribution < -0.4 is 5.32 Å². The van der Waals surface area contributed by atoms with Crippen molar-refractivity contribution in [2.45, 2.75) is 39.2 Å². The predicted octanol–water partition coefficient (Wildman–Crippen LogP) is 2.59. The van der Waals surface area contributed by atoms with E-state index in [9.17, 15) is 0 Å². The van der Waals surface area contributed by atoms with Gasteiger partial charge in [0, 0.05) is 37.3 Å². The van der Waals surface area contributed by atoms with Crippen LogP contribution >= 0.6 is 11.6 Å². The van der Waals surface area contributed by atoms with Gasteiger partial charge in [-0.25, -0.2) is 0 Å². The number of halogens is 1. The first kappa shape index (κ1) is 13.0. The predicted molar refractivity (Wildman–Crippen MR) is 67.4 cm³/mol. The summed E-state index contributed by atoms with van der Waals surface area (Å²) in [7, 11) is 0. The maximum Gasteiger partial charge on any atom is 0.0332 e. The Morgan fingerprint density at radius 1 is 1.47 bits per heavy atom. The zero-order chi connectivity index (χ0) is 11.3. The molecule has 0 spiro atoms. The summed E-state index contributed by atoms with van der Waals surface area (Å²) in [5.41, 5.74) is 3.29. The van der Waals surface area contributed by atoms with Crippen molar-refractivity contribution in [3.05, 3.63) is 11.1 Å². The molecule has 1 fully saturated rings. The van der Waals surface area contributed by atoms with E-state index < -0.39 is 0 Å². The standard InChI is InChI=1S/C12H23ClN2/c1-4-12(5-2)10-14-6-7-15(12)9-11(3)8-13/h8,14H,4-7,9-10H2,1-3H3. The van der Waals surface area contributed by atoms with Crippen LogP contribution in [-0.2, 0) is 0 Å². The number of hydrogen-bond acceptors (Lipinski definition) is 2. The maximum absolute atomic E-state index is 5.75. The molecule has 15 heavy (non-hydrogen) atoms. The van der Waals surface area contributed by atoms with E-state index in [2.05, 4.69) is 31.0 Å². The van der Waals surface area contributed by atoms with Crippen LogP contribution in [0.3, 0.4) is 0 Å². The van der Waals surface area contributed by atoms with E-state index in [0.717, 1.165) is 26.2 Å². The molecule has 0 radical (unpaired) electrons. The van der Waals surface area contributed by atoms with Gasteiger partial charge in [0.25, 0.3) is 0 Å². The van der Waals surface area contributed by atoms with Gasteiger partial charge in [-0.2, -0.15) is 0 Å². The molecule has 0 aliphatic carbocycles. The van der Waals surface area contributed by atoms with E-state index in [1.165, 1.54) is 18.4 Å². The number of rotatable bonds is 4. The lowest BCUT2D eigenvalue weighted by atomic mass is 9.88. The minimum absolute atomic E-state index is 0.333. The molecule has 0 aromatic heterocycles. The van der Waals surface area contributed by atoms with Crippen LogP contribution in [0.15, 0.2) is 11.1 Å². The van der Waals surface area contributed by atoms with Gasteiger partial charge in [-0.1, -0.05) is 25.4 Å². The number of nitrogens with one attached hydrogen (secondary N) is 1. The molecule has 0 atom stereocenters. The van der Waals surface area contributed by atoms with Crippen LogP contribution in [0.2, 0.25) is 0 Å². The lowest BCUT2D eigenvalue weighted by molar-refractivity contribution is 0.0615. The molecule has 3 heteroatoms. The van der Waals surface area contributed by atoms with Gasteiger partial charge in [0.05, 0.1) is 0 Å². The van der Waals surface area contributed by atoms with Gasteiger partial charge >= 0.3 is 0 Å². The summed E-state index contributed by atoms with van der Waals surface area (Å²) >= 11 is 5.75. The van der Waals surface area contributed by atoms with Gasteiger partial charge < -0.3 is 5.32 Å². The van der Waals surface area contributed by atoms with Gasteiger partial charge in [-0.15, -0.1) is 0 Å². The molecule has 1 N–H and O–H groups in total. The number of piperazine rings is 1. The molecule has 1 rings (SSSR count). The molecule has 88 valence electrons. The fraction of sp³-hybridized carbons (Fsp3) is 0.833. The quantitative estimate of drug-likeness (QED) is 0.799. The van der Waals surface area contributed by atoms with Crippen molar-refractivity contribution in [1.29, 1.82) is 0 Å². The molecular formula is C12H23ClN2. The molecule has 1 saturated heterocycles. The second-order valence-electron chi connectivity index (χ2n) is 4.49. The van der Waals surface area contributed by atoms with E-state index >= 15 is 0 Å². The zero-order valence-electron chi connectivity index (χ0n) is 10.1. The van der Waals surface area contributed by atoms with Crippen LogP contribution in [-0.4, -0.2) is 36.6 Å². The molecule has 1 aliphatic heterocycles. The minimum Gasteiger partial charge on any atom is -0.314 e. The first-order valence-electron chi connectivity index (χ1n) is 5.90. The Balaban J connectivity index is 2.72. The van der Waals surface area contributed by atoms with Crippen LogP contribution in [0.4, 0.5) is 0 Å². The van der Waals surface area contributed by atoms with Crippen LogP contribution in [0, 0.1) is 0 Å². The summed E-state index contributed by atoms with van der Waals surface area (Å²) < 4.78 is 0. The van der Waals surface area contributed by atoms with E-state index in [-0.39, 0.29) is 0 Å². The average molecular weight is 231 g/mol. The Morgan fingerprint density at radius 3 is 2.67 bits per heavy atom. The highest BCUT2D eigenvalue weighted by Crippen LogP contribution is 2.26. The molecule has 0 bridgehead atoms. The fourth-order valence-electron chi connectivity index (χ4n) is 2.41. The summed E-state index contributed by atoms with van der Waals surface area (Å²) in [6, 6.07) is 0. The second kappa shape index (κ2) is 5.88. The van der Waals surface area contributed by atoms with E-state index in [1.54, 1.807) is 5.54 Å². The van der Waals surface area contributed by atoms with Crippen LogP contribution in [0.25, 0.3) is 0 Å². The van der Waals surface area contributed by atoms with Gasteiger partial charge in [0.1, 0.15) is 0 Å². The Bertz CT molecular complexity index is 222. The normalized spacial score (nSPS) is 23.1. The molecule has 1 heterocycles. The van der Waals surface area contributed by atoms with E-state index in [0.29, 0.717) is 5.54 Å². The van der Waals surface area contributed by atoms with Crippen molar-refractivity contribution in [3.63, 3.8) is 0 Å². The summed E-state index contributed by atoms with van der Waals surface area (Å²) in [5, 5.41) is 3.50. The Hall–Kier alpha value is -0.0500. The van der Waals surface area contributed by atoms with Crippen LogP contribution in [0.5, 0.6) is 0 Å². The number of hydrogen-bond donors (Lipinski definition) is 1. The van der Waals surface area contributed by atoms with Crippen molar-refractivity contribution in [2.24, 2.45) is 0 Å². The third-order valence-electron chi connectivity index (χ3n) is 3.63.